The fourth-order valence-electron chi connectivity index (χ4n) is 5.05. The van der Waals surface area contributed by atoms with Gasteiger partial charge in [0.2, 0.25) is 0 Å². The second kappa shape index (κ2) is 10.4. The van der Waals surface area contributed by atoms with Crippen LogP contribution in [0.25, 0.3) is 11.3 Å². The fraction of sp³-hybridized carbons (Fsp3) is 0.609. The molecular formula is C23H27F3N4O6. The van der Waals surface area contributed by atoms with Gasteiger partial charge in [0.05, 0.1) is 24.6 Å². The maximum Gasteiger partial charge on any atom is 0.194 e. The molecular weight excluding hydrogens is 485 g/mol. The molecule has 1 aromatic carbocycles. The van der Waals surface area contributed by atoms with E-state index >= 15 is 0 Å². The fourth-order valence-corrected chi connectivity index (χ4v) is 5.05. The normalized spacial score (nSPS) is 31.3. The number of oxime groups is 1. The molecule has 13 heteroatoms. The average molecular weight is 512 g/mol. The Morgan fingerprint density at radius 1 is 1.03 bits per heavy atom. The molecule has 0 bridgehead atoms. The summed E-state index contributed by atoms with van der Waals surface area (Å²) in [6.45, 7) is 0.827. The number of aliphatic hydroxyl groups is 3. The predicted octanol–water partition coefficient (Wildman–Crippen LogP) is 1.35. The number of halogens is 3. The second-order valence-corrected chi connectivity index (χ2v) is 9.34. The summed E-state index contributed by atoms with van der Waals surface area (Å²) in [5, 5.41) is 43.7. The Morgan fingerprint density at radius 2 is 1.72 bits per heavy atom. The number of benzene rings is 1. The van der Waals surface area contributed by atoms with E-state index in [2.05, 4.69) is 15.5 Å². The lowest BCUT2D eigenvalue weighted by Crippen LogP contribution is -2.56. The van der Waals surface area contributed by atoms with Gasteiger partial charge in [0.25, 0.3) is 0 Å². The summed E-state index contributed by atoms with van der Waals surface area (Å²) >= 11 is 0. The molecule has 36 heavy (non-hydrogen) atoms. The molecule has 0 radical (unpaired) electrons. The van der Waals surface area contributed by atoms with Crippen molar-refractivity contribution in [1.82, 2.24) is 15.0 Å². The monoisotopic (exact) mass is 512 g/mol. The summed E-state index contributed by atoms with van der Waals surface area (Å²) in [4.78, 5) is 5.60. The number of aliphatic hydroxyl groups excluding tert-OH is 3. The van der Waals surface area contributed by atoms with E-state index in [0.29, 0.717) is 19.6 Å². The van der Waals surface area contributed by atoms with Crippen LogP contribution >= 0.6 is 0 Å². The third-order valence-corrected chi connectivity index (χ3v) is 7.03. The second-order valence-electron chi connectivity index (χ2n) is 9.34. The zero-order chi connectivity index (χ0) is 25.4. The Morgan fingerprint density at radius 3 is 2.42 bits per heavy atom. The Hall–Kier alpha value is -2.58. The van der Waals surface area contributed by atoms with Gasteiger partial charge in [-0.25, -0.2) is 17.9 Å². The van der Waals surface area contributed by atoms with E-state index < -0.39 is 54.5 Å². The van der Waals surface area contributed by atoms with Crippen molar-refractivity contribution in [3.63, 3.8) is 0 Å². The molecule has 1 unspecified atom stereocenters. The minimum absolute atomic E-state index is 0.00409. The number of hydrogen-bond donors (Lipinski definition) is 3. The molecule has 0 saturated carbocycles. The molecule has 2 saturated heterocycles. The minimum atomic E-state index is -1.60. The lowest BCUT2D eigenvalue weighted by Gasteiger charge is -2.42. The van der Waals surface area contributed by atoms with Crippen molar-refractivity contribution in [1.29, 1.82) is 0 Å². The summed E-state index contributed by atoms with van der Waals surface area (Å²) in [5.41, 5.74) is 0.883. The van der Waals surface area contributed by atoms with Gasteiger partial charge in [-0.1, -0.05) is 10.4 Å². The smallest absolute Gasteiger partial charge is 0.194 e. The Kier molecular flexibility index (Phi) is 7.26. The maximum atomic E-state index is 13.7. The molecule has 5 rings (SSSR count). The summed E-state index contributed by atoms with van der Waals surface area (Å²) < 4.78 is 53.0. The molecule has 0 aliphatic carbocycles. The lowest BCUT2D eigenvalue weighted by atomic mass is 9.87. The summed E-state index contributed by atoms with van der Waals surface area (Å²) in [5.74, 6) is -4.08. The predicted molar refractivity (Wildman–Crippen MR) is 117 cm³/mol. The third kappa shape index (κ3) is 4.85. The number of hydrogen-bond acceptors (Lipinski definition) is 9. The van der Waals surface area contributed by atoms with Crippen molar-refractivity contribution in [3.05, 3.63) is 35.8 Å². The summed E-state index contributed by atoms with van der Waals surface area (Å²) in [6, 6.07) is 0.460. The van der Waals surface area contributed by atoms with Crippen LogP contribution in [-0.2, 0) is 14.3 Å². The van der Waals surface area contributed by atoms with Gasteiger partial charge in [0.1, 0.15) is 36.2 Å². The van der Waals surface area contributed by atoms with Gasteiger partial charge in [0, 0.05) is 37.5 Å². The average Bonchev–Trinajstić information content (AvgIpc) is 3.55. The molecule has 3 aliphatic heterocycles. The van der Waals surface area contributed by atoms with E-state index in [1.165, 1.54) is 6.20 Å². The molecule has 0 spiro atoms. The highest BCUT2D eigenvalue weighted by atomic mass is 19.2. The van der Waals surface area contributed by atoms with Crippen LogP contribution in [0.2, 0.25) is 0 Å². The highest BCUT2D eigenvalue weighted by molar-refractivity contribution is 5.87. The topological polar surface area (TPSA) is 131 Å². The van der Waals surface area contributed by atoms with E-state index in [4.69, 9.17) is 14.3 Å². The third-order valence-electron chi connectivity index (χ3n) is 7.03. The highest BCUT2D eigenvalue weighted by Gasteiger charge is 2.47. The Labute approximate surface area is 204 Å². The van der Waals surface area contributed by atoms with Gasteiger partial charge in [-0.05, 0) is 25.0 Å². The molecule has 196 valence electrons. The van der Waals surface area contributed by atoms with Gasteiger partial charge in [-0.2, -0.15) is 0 Å². The van der Waals surface area contributed by atoms with Gasteiger partial charge < -0.3 is 29.6 Å². The molecule has 3 N–H and O–H groups in total. The molecule has 2 fully saturated rings. The quantitative estimate of drug-likeness (QED) is 0.495. The zero-order valence-corrected chi connectivity index (χ0v) is 19.2. The number of ether oxygens (including phenoxy) is 2. The van der Waals surface area contributed by atoms with E-state index in [9.17, 15) is 28.5 Å². The Bertz CT molecular complexity index is 1090. The van der Waals surface area contributed by atoms with Crippen molar-refractivity contribution in [2.24, 2.45) is 11.1 Å². The van der Waals surface area contributed by atoms with E-state index in [0.717, 1.165) is 35.4 Å². The molecule has 10 nitrogen and oxygen atoms in total. The molecule has 6 atom stereocenters. The number of rotatable bonds is 6. The first kappa shape index (κ1) is 25.1. The largest absolute Gasteiger partial charge is 0.394 e. The van der Waals surface area contributed by atoms with Crippen molar-refractivity contribution in [3.8, 4) is 11.3 Å². The van der Waals surface area contributed by atoms with Crippen LogP contribution < -0.4 is 0 Å². The van der Waals surface area contributed by atoms with E-state index in [-0.39, 0.29) is 29.7 Å². The van der Waals surface area contributed by atoms with E-state index in [1.54, 1.807) is 0 Å². The molecule has 0 amide bonds. The first-order chi connectivity index (χ1) is 17.4. The molecule has 4 heterocycles. The molecule has 1 aromatic heterocycles. The standard InChI is InChI=1S/C23H27F3N4O6/c24-14-5-12(6-15(25)20(14)26)17-9-30(29-27-17)21-22(32)18(35-19(10-31)23(21)33)8-13-7-16(28-36-13)11-1-3-34-4-2-11/h5-6,9,11,13,18-19,21-23,31-33H,1-4,7-8,10H2/t13?,18-,19-,21-,22+,23+/m1/s1. The van der Waals surface area contributed by atoms with Crippen molar-refractivity contribution in [2.45, 2.75) is 62.2 Å². The zero-order valence-electron chi connectivity index (χ0n) is 19.2. The van der Waals surface area contributed by atoms with Crippen LogP contribution in [0.3, 0.4) is 0 Å². The minimum Gasteiger partial charge on any atom is -0.394 e. The van der Waals surface area contributed by atoms with Gasteiger partial charge >= 0.3 is 0 Å². The maximum absolute atomic E-state index is 13.7. The summed E-state index contributed by atoms with van der Waals surface area (Å²) in [7, 11) is 0. The Balaban J connectivity index is 1.31. The van der Waals surface area contributed by atoms with Gasteiger partial charge in [0.15, 0.2) is 17.5 Å². The SMILES string of the molecule is OC[C@H]1O[C@H](CC2CC(C3CCOCC3)=NO2)[C@H](O)[C@@H](n2cc(-c3cc(F)c(F)c(F)c3)nn2)[C@H]1O. The van der Waals surface area contributed by atoms with Gasteiger partial charge in [-0.3, -0.25) is 0 Å². The lowest BCUT2D eigenvalue weighted by molar-refractivity contribution is -0.212. The van der Waals surface area contributed by atoms with Crippen molar-refractivity contribution < 1.29 is 42.8 Å². The number of aromatic nitrogens is 3. The highest BCUT2D eigenvalue weighted by Crippen LogP contribution is 2.35. The van der Waals surface area contributed by atoms with Crippen molar-refractivity contribution in [2.75, 3.05) is 19.8 Å². The van der Waals surface area contributed by atoms with E-state index in [1.807, 2.05) is 0 Å². The van der Waals surface area contributed by atoms with Crippen LogP contribution in [0, 0.1) is 23.4 Å². The van der Waals surface area contributed by atoms with Crippen molar-refractivity contribution >= 4 is 5.71 Å². The first-order valence-corrected chi connectivity index (χ1v) is 11.8. The molecule has 3 aliphatic rings. The number of nitrogens with zero attached hydrogens (tertiary/aromatic N) is 4. The van der Waals surface area contributed by atoms with Crippen LogP contribution in [-0.4, -0.2) is 86.4 Å². The summed E-state index contributed by atoms with van der Waals surface area (Å²) in [6.07, 6.45) is -1.04. The first-order valence-electron chi connectivity index (χ1n) is 11.8. The van der Waals surface area contributed by atoms with Crippen LogP contribution in [0.15, 0.2) is 23.5 Å². The van der Waals surface area contributed by atoms with Crippen LogP contribution in [0.4, 0.5) is 13.2 Å². The van der Waals surface area contributed by atoms with Crippen LogP contribution in [0.5, 0.6) is 0 Å². The van der Waals surface area contributed by atoms with Crippen LogP contribution in [0.1, 0.15) is 31.7 Å². The van der Waals surface area contributed by atoms with Gasteiger partial charge in [-0.15, -0.1) is 5.10 Å². The molecule has 2 aromatic rings.